The monoisotopic (exact) mass is 239 g/mol. The zero-order valence-electron chi connectivity index (χ0n) is 9.83. The summed E-state index contributed by atoms with van der Waals surface area (Å²) in [6.07, 6.45) is 0.421. The maximum atomic E-state index is 11.6. The zero-order valence-corrected chi connectivity index (χ0v) is 9.83. The van der Waals surface area contributed by atoms with E-state index in [1.807, 2.05) is 13.0 Å². The molecule has 96 valence electrons. The van der Waals surface area contributed by atoms with E-state index in [0.717, 1.165) is 5.69 Å². The van der Waals surface area contributed by atoms with Gasteiger partial charge in [-0.1, -0.05) is 0 Å². The third-order valence-electron chi connectivity index (χ3n) is 2.68. The number of hydrogen-bond acceptors (Lipinski definition) is 3. The van der Waals surface area contributed by atoms with Gasteiger partial charge in [-0.15, -0.1) is 0 Å². The Morgan fingerprint density at radius 1 is 1.47 bits per heavy atom. The van der Waals surface area contributed by atoms with E-state index >= 15 is 0 Å². The van der Waals surface area contributed by atoms with Gasteiger partial charge in [-0.2, -0.15) is 0 Å². The Morgan fingerprint density at radius 2 is 2.24 bits per heavy atom. The second kappa shape index (κ2) is 4.45. The van der Waals surface area contributed by atoms with Crippen LogP contribution in [-0.4, -0.2) is 24.9 Å². The van der Waals surface area contributed by atoms with E-state index in [-0.39, 0.29) is 22.1 Å². The first kappa shape index (κ1) is 11.4. The van der Waals surface area contributed by atoms with Crippen LogP contribution < -0.4 is 16.0 Å². The summed E-state index contributed by atoms with van der Waals surface area (Å²) in [5, 5.41) is 8.56. The van der Waals surface area contributed by atoms with Crippen molar-refractivity contribution < 1.29 is 13.9 Å². The highest BCUT2D eigenvalue weighted by Gasteiger charge is 2.18. The second-order valence-corrected chi connectivity index (χ2v) is 4.14. The van der Waals surface area contributed by atoms with Gasteiger partial charge in [0.2, 0.25) is 5.91 Å². The Morgan fingerprint density at radius 3 is 2.94 bits per heavy atom. The number of nitrogens with one attached hydrogen (secondary N) is 3. The van der Waals surface area contributed by atoms with Crippen molar-refractivity contribution in [2.45, 2.75) is 19.4 Å². The summed E-state index contributed by atoms with van der Waals surface area (Å²) in [5.74, 6) is -0.211. The van der Waals surface area contributed by atoms with E-state index in [1.54, 1.807) is 19.2 Å². The number of fused-ring (bicyclic) bond motifs is 1. The fraction of sp³-hybridized carbons (Fsp3) is 0.333. The smallest absolute Gasteiger partial charge is 0.251 e. The normalized spacial score (nSPS) is 18.5. The van der Waals surface area contributed by atoms with Gasteiger partial charge in [-0.3, -0.25) is 9.59 Å². The molecule has 2 amide bonds. The average molecular weight is 239 g/mol. The maximum Gasteiger partial charge on any atom is 0.251 e. The summed E-state index contributed by atoms with van der Waals surface area (Å²) in [7, 11) is 1.58. The van der Waals surface area contributed by atoms with Crippen LogP contribution in [0.5, 0.6) is 0 Å². The molecule has 1 aromatic rings. The lowest BCUT2D eigenvalue weighted by atomic mass is 10.1. The van der Waals surface area contributed by atoms with E-state index in [2.05, 4.69) is 16.0 Å². The topological polar surface area (TPSA) is 70.2 Å². The molecule has 5 nitrogen and oxygen atoms in total. The zero-order chi connectivity index (χ0) is 12.4. The van der Waals surface area contributed by atoms with Gasteiger partial charge in [0.05, 0.1) is 11.4 Å². The minimum atomic E-state index is -0.167. The number of carbonyl (C=O) groups is 2. The first-order chi connectivity index (χ1) is 8.10. The summed E-state index contributed by atoms with van der Waals surface area (Å²) in [6, 6.07) is 5.30. The highest BCUT2D eigenvalue weighted by atomic mass is 16.2. The van der Waals surface area contributed by atoms with Crippen molar-refractivity contribution in [1.29, 1.82) is 0 Å². The van der Waals surface area contributed by atoms with Gasteiger partial charge in [0.25, 0.3) is 5.91 Å². The van der Waals surface area contributed by atoms with Crippen molar-refractivity contribution in [3.63, 3.8) is 0 Å². The molecule has 0 saturated heterocycles. The lowest BCUT2D eigenvalue weighted by Crippen LogP contribution is -2.18. The quantitative estimate of drug-likeness (QED) is 0.701. The Balaban J connectivity index is 0. The number of benzene rings is 1. The third kappa shape index (κ3) is 2.38. The summed E-state index contributed by atoms with van der Waals surface area (Å²) in [6.45, 7) is 1.95. The van der Waals surface area contributed by atoms with E-state index < -0.39 is 0 Å². The fourth-order valence-corrected chi connectivity index (χ4v) is 1.85. The van der Waals surface area contributed by atoms with Crippen LogP contribution in [0.3, 0.4) is 0 Å². The number of anilines is 2. The molecule has 0 fully saturated rings. The predicted octanol–water partition coefficient (Wildman–Crippen LogP) is 1.93. The molecule has 1 unspecified atom stereocenters. The van der Waals surface area contributed by atoms with Crippen LogP contribution in [0, 0.1) is 0 Å². The summed E-state index contributed by atoms with van der Waals surface area (Å²) in [5.41, 5.74) is 2.03. The molecule has 1 aromatic carbocycles. The molecule has 3 N–H and O–H groups in total. The molecular weight excluding hydrogens is 218 g/mol. The van der Waals surface area contributed by atoms with Gasteiger partial charge < -0.3 is 16.0 Å². The number of hydrogen-bond donors (Lipinski definition) is 3. The Bertz CT molecular complexity index is 483. The van der Waals surface area contributed by atoms with E-state index in [4.69, 9.17) is 0 Å². The van der Waals surface area contributed by atoms with Crippen molar-refractivity contribution in [3.05, 3.63) is 23.8 Å². The highest BCUT2D eigenvalue weighted by molar-refractivity contribution is 6.00. The largest absolute Gasteiger partial charge is 0.380 e. The van der Waals surface area contributed by atoms with Crippen LogP contribution in [-0.2, 0) is 4.79 Å². The van der Waals surface area contributed by atoms with Crippen LogP contribution in [0.15, 0.2) is 18.2 Å². The summed E-state index contributed by atoms with van der Waals surface area (Å²) in [4.78, 5) is 23.0. The van der Waals surface area contributed by atoms with Gasteiger partial charge in [0, 0.05) is 29.4 Å². The molecule has 1 atom stereocenters. The van der Waals surface area contributed by atoms with Crippen molar-refractivity contribution in [2.75, 3.05) is 17.7 Å². The number of rotatable bonds is 1. The van der Waals surface area contributed by atoms with E-state index in [9.17, 15) is 9.59 Å². The van der Waals surface area contributed by atoms with Gasteiger partial charge >= 0.3 is 0 Å². The molecule has 0 radical (unpaired) electrons. The molecule has 0 aromatic heterocycles. The highest BCUT2D eigenvalue weighted by Crippen LogP contribution is 2.27. The van der Waals surface area contributed by atoms with E-state index in [0.29, 0.717) is 17.7 Å². The molecular formula is C12H21N3O2. The Labute approximate surface area is 104 Å². The summed E-state index contributed by atoms with van der Waals surface area (Å²) < 4.78 is 0. The maximum absolute atomic E-state index is 11.6. The molecule has 1 aliphatic rings. The Kier molecular flexibility index (Phi) is 2.99. The molecule has 1 heterocycles. The first-order valence-corrected chi connectivity index (χ1v) is 5.52. The molecule has 2 rings (SSSR count). The van der Waals surface area contributed by atoms with Crippen LogP contribution >= 0.6 is 0 Å². The first-order valence-electron chi connectivity index (χ1n) is 5.52. The van der Waals surface area contributed by atoms with Gasteiger partial charge in [0.15, 0.2) is 0 Å². The lowest BCUT2D eigenvalue weighted by molar-refractivity contribution is -0.116. The molecule has 5 heteroatoms. The summed E-state index contributed by atoms with van der Waals surface area (Å²) >= 11 is 0. The van der Waals surface area contributed by atoms with Gasteiger partial charge in [-0.05, 0) is 25.1 Å². The van der Waals surface area contributed by atoms with Crippen molar-refractivity contribution in [3.8, 4) is 0 Å². The minimum Gasteiger partial charge on any atom is -0.380 e. The van der Waals surface area contributed by atoms with Crippen molar-refractivity contribution in [2.24, 2.45) is 0 Å². The molecule has 1 aliphatic heterocycles. The minimum absolute atomic E-state index is 0. The van der Waals surface area contributed by atoms with Crippen molar-refractivity contribution >= 4 is 23.2 Å². The lowest BCUT2D eigenvalue weighted by Gasteiger charge is -2.12. The molecule has 0 saturated carbocycles. The number of amides is 2. The SMILES string of the molecule is CNC(=O)c1ccc2c(c1)NC(=O)CC(C)N2.[HH].[HH].[HH]. The third-order valence-corrected chi connectivity index (χ3v) is 2.68. The molecule has 0 aliphatic carbocycles. The van der Waals surface area contributed by atoms with Gasteiger partial charge in [-0.25, -0.2) is 0 Å². The van der Waals surface area contributed by atoms with Crippen LogP contribution in [0.2, 0.25) is 0 Å². The van der Waals surface area contributed by atoms with Crippen LogP contribution in [0.1, 0.15) is 28.0 Å². The molecule has 0 bridgehead atoms. The van der Waals surface area contributed by atoms with Crippen LogP contribution in [0.4, 0.5) is 11.4 Å². The predicted molar refractivity (Wildman–Crippen MR) is 72.5 cm³/mol. The van der Waals surface area contributed by atoms with Crippen molar-refractivity contribution in [1.82, 2.24) is 5.32 Å². The van der Waals surface area contributed by atoms with E-state index in [1.165, 1.54) is 0 Å². The van der Waals surface area contributed by atoms with Crippen LogP contribution in [0.25, 0.3) is 0 Å². The number of carbonyl (C=O) groups excluding carboxylic acids is 2. The fourth-order valence-electron chi connectivity index (χ4n) is 1.85. The second-order valence-electron chi connectivity index (χ2n) is 4.14. The Hall–Kier alpha value is -2.04. The average Bonchev–Trinajstić information content (AvgIpc) is 2.43. The molecule has 0 spiro atoms. The van der Waals surface area contributed by atoms with Gasteiger partial charge in [0.1, 0.15) is 0 Å². The standard InChI is InChI=1S/C12H15N3O2.3H2/c1-7-5-11(16)15-10-6-8(12(17)13-2)3-4-9(10)14-7;;;/h3-4,6-7,14H,5H2,1-2H3,(H,13,17)(H,15,16);3*1H. The molecule has 17 heavy (non-hydrogen) atoms.